The zero-order valence-electron chi connectivity index (χ0n) is 12.3. The summed E-state index contributed by atoms with van der Waals surface area (Å²) in [7, 11) is 0. The van der Waals surface area contributed by atoms with Crippen LogP contribution in [0.1, 0.15) is 65.2 Å². The van der Waals surface area contributed by atoms with E-state index in [0.717, 1.165) is 19.4 Å². The number of aliphatic hydroxyl groups is 1. The third kappa shape index (κ3) is 3.27. The van der Waals surface area contributed by atoms with Crippen LogP contribution >= 0.6 is 0 Å². The van der Waals surface area contributed by atoms with Gasteiger partial charge in [-0.1, -0.05) is 52.4 Å². The highest BCUT2D eigenvalue weighted by Crippen LogP contribution is 2.42. The van der Waals surface area contributed by atoms with E-state index in [4.69, 9.17) is 0 Å². The summed E-state index contributed by atoms with van der Waals surface area (Å²) in [6, 6.07) is 0. The Bertz CT molecular complexity index is 231. The zero-order valence-corrected chi connectivity index (χ0v) is 12.3. The second-order valence-electron chi connectivity index (χ2n) is 6.73. The molecule has 0 aromatic heterocycles. The van der Waals surface area contributed by atoms with Crippen LogP contribution < -0.4 is 0 Å². The standard InChI is InChI=1S/C16H31NO/c1-3-14(4-2)15(18)11-17-12-16(13-17)9-7-5-6-8-10-16/h14-15,18H,3-13H2,1-2H3. The van der Waals surface area contributed by atoms with Gasteiger partial charge in [-0.25, -0.2) is 0 Å². The topological polar surface area (TPSA) is 23.5 Å². The van der Waals surface area contributed by atoms with Crippen LogP contribution in [0.4, 0.5) is 0 Å². The first-order valence-corrected chi connectivity index (χ1v) is 8.09. The maximum absolute atomic E-state index is 10.2. The molecule has 0 bridgehead atoms. The van der Waals surface area contributed by atoms with Crippen molar-refractivity contribution in [3.05, 3.63) is 0 Å². The summed E-state index contributed by atoms with van der Waals surface area (Å²) in [4.78, 5) is 2.49. The Kier molecular flexibility index (Phi) is 5.08. The molecule has 0 aromatic rings. The molecule has 1 saturated heterocycles. The second-order valence-corrected chi connectivity index (χ2v) is 6.73. The molecule has 1 heterocycles. The van der Waals surface area contributed by atoms with Crippen LogP contribution in [0.15, 0.2) is 0 Å². The first kappa shape index (κ1) is 14.3. The fourth-order valence-electron chi connectivity index (χ4n) is 4.07. The van der Waals surface area contributed by atoms with Crippen molar-refractivity contribution in [3.63, 3.8) is 0 Å². The van der Waals surface area contributed by atoms with Crippen molar-refractivity contribution >= 4 is 0 Å². The van der Waals surface area contributed by atoms with Gasteiger partial charge < -0.3 is 5.11 Å². The molecule has 2 aliphatic rings. The third-order valence-electron chi connectivity index (χ3n) is 5.32. The third-order valence-corrected chi connectivity index (χ3v) is 5.32. The lowest BCUT2D eigenvalue weighted by molar-refractivity contribution is -0.0484. The molecule has 1 N–H and O–H groups in total. The van der Waals surface area contributed by atoms with Gasteiger partial charge in [0.2, 0.25) is 0 Å². The Balaban J connectivity index is 1.74. The van der Waals surface area contributed by atoms with Gasteiger partial charge in [-0.15, -0.1) is 0 Å². The van der Waals surface area contributed by atoms with Crippen molar-refractivity contribution in [1.82, 2.24) is 4.90 Å². The van der Waals surface area contributed by atoms with Gasteiger partial charge in [0.1, 0.15) is 0 Å². The van der Waals surface area contributed by atoms with Crippen LogP contribution in [-0.2, 0) is 0 Å². The molecule has 1 atom stereocenters. The summed E-state index contributed by atoms with van der Waals surface area (Å²) in [6.45, 7) is 7.81. The molecule has 1 unspecified atom stereocenters. The molecule has 2 rings (SSSR count). The molecule has 0 aromatic carbocycles. The Morgan fingerprint density at radius 3 is 2.06 bits per heavy atom. The monoisotopic (exact) mass is 253 g/mol. The molecule has 2 fully saturated rings. The number of likely N-dealkylation sites (tertiary alicyclic amines) is 1. The lowest BCUT2D eigenvalue weighted by atomic mass is 9.73. The average molecular weight is 253 g/mol. The molecule has 1 aliphatic carbocycles. The van der Waals surface area contributed by atoms with Crippen molar-refractivity contribution < 1.29 is 5.11 Å². The van der Waals surface area contributed by atoms with Crippen molar-refractivity contribution in [3.8, 4) is 0 Å². The number of β-amino-alcohol motifs (C(OH)–C–C–N with tert-alkyl or cyclic N) is 1. The molecular formula is C16H31NO. The molecular weight excluding hydrogens is 222 g/mol. The number of aliphatic hydroxyl groups excluding tert-OH is 1. The quantitative estimate of drug-likeness (QED) is 0.811. The molecule has 1 aliphatic heterocycles. The Morgan fingerprint density at radius 1 is 1.00 bits per heavy atom. The molecule has 2 heteroatoms. The molecule has 1 spiro atoms. The van der Waals surface area contributed by atoms with Crippen molar-refractivity contribution in [2.75, 3.05) is 19.6 Å². The highest BCUT2D eigenvalue weighted by Gasteiger charge is 2.42. The van der Waals surface area contributed by atoms with E-state index in [1.165, 1.54) is 51.6 Å². The first-order valence-electron chi connectivity index (χ1n) is 8.09. The fraction of sp³-hybridized carbons (Fsp3) is 1.00. The molecule has 1 saturated carbocycles. The molecule has 2 nitrogen and oxygen atoms in total. The van der Waals surface area contributed by atoms with Crippen LogP contribution in [-0.4, -0.2) is 35.7 Å². The Labute approximate surface area is 113 Å². The van der Waals surface area contributed by atoms with Gasteiger partial charge in [0.25, 0.3) is 0 Å². The summed E-state index contributed by atoms with van der Waals surface area (Å²) in [6.07, 6.45) is 10.7. The van der Waals surface area contributed by atoms with Crippen LogP contribution in [0.3, 0.4) is 0 Å². The number of hydrogen-bond donors (Lipinski definition) is 1. The molecule has 0 radical (unpaired) electrons. The predicted octanol–water partition coefficient (Wildman–Crippen LogP) is 3.44. The number of nitrogens with zero attached hydrogens (tertiary/aromatic N) is 1. The van der Waals surface area contributed by atoms with E-state index in [0.29, 0.717) is 11.3 Å². The van der Waals surface area contributed by atoms with E-state index < -0.39 is 0 Å². The smallest absolute Gasteiger partial charge is 0.0695 e. The molecule has 0 amide bonds. The van der Waals surface area contributed by atoms with E-state index in [1.54, 1.807) is 0 Å². The summed E-state index contributed by atoms with van der Waals surface area (Å²) in [5.41, 5.74) is 0.643. The largest absolute Gasteiger partial charge is 0.392 e. The average Bonchev–Trinajstić information content (AvgIpc) is 2.56. The van der Waals surface area contributed by atoms with Gasteiger partial charge in [-0.05, 0) is 24.2 Å². The van der Waals surface area contributed by atoms with Gasteiger partial charge in [-0.2, -0.15) is 0 Å². The summed E-state index contributed by atoms with van der Waals surface area (Å²) in [5, 5.41) is 10.2. The minimum Gasteiger partial charge on any atom is -0.392 e. The number of rotatable bonds is 5. The maximum atomic E-state index is 10.2. The Hall–Kier alpha value is -0.0800. The predicted molar refractivity (Wildman–Crippen MR) is 76.7 cm³/mol. The van der Waals surface area contributed by atoms with E-state index >= 15 is 0 Å². The molecule has 18 heavy (non-hydrogen) atoms. The van der Waals surface area contributed by atoms with Gasteiger partial charge >= 0.3 is 0 Å². The van der Waals surface area contributed by atoms with Gasteiger partial charge in [0.15, 0.2) is 0 Å². The second kappa shape index (κ2) is 6.38. The normalized spacial score (nSPS) is 26.0. The van der Waals surface area contributed by atoms with Gasteiger partial charge in [0.05, 0.1) is 6.10 Å². The van der Waals surface area contributed by atoms with Gasteiger partial charge in [0, 0.05) is 19.6 Å². The van der Waals surface area contributed by atoms with Crippen LogP contribution in [0, 0.1) is 11.3 Å². The molecule has 106 valence electrons. The zero-order chi connectivity index (χ0) is 13.0. The van der Waals surface area contributed by atoms with E-state index in [9.17, 15) is 5.11 Å². The van der Waals surface area contributed by atoms with E-state index in [1.807, 2.05) is 0 Å². The lowest BCUT2D eigenvalue weighted by Crippen LogP contribution is -2.58. The van der Waals surface area contributed by atoms with Gasteiger partial charge in [-0.3, -0.25) is 4.90 Å². The number of hydrogen-bond acceptors (Lipinski definition) is 2. The fourth-order valence-corrected chi connectivity index (χ4v) is 4.07. The van der Waals surface area contributed by atoms with E-state index in [-0.39, 0.29) is 6.10 Å². The van der Waals surface area contributed by atoms with Crippen LogP contribution in [0.2, 0.25) is 0 Å². The van der Waals surface area contributed by atoms with Crippen molar-refractivity contribution in [2.45, 2.75) is 71.3 Å². The summed E-state index contributed by atoms with van der Waals surface area (Å²) >= 11 is 0. The summed E-state index contributed by atoms with van der Waals surface area (Å²) < 4.78 is 0. The first-order chi connectivity index (χ1) is 8.69. The highest BCUT2D eigenvalue weighted by atomic mass is 16.3. The van der Waals surface area contributed by atoms with Crippen LogP contribution in [0.5, 0.6) is 0 Å². The Morgan fingerprint density at radius 2 is 1.56 bits per heavy atom. The maximum Gasteiger partial charge on any atom is 0.0695 e. The van der Waals surface area contributed by atoms with Crippen molar-refractivity contribution in [2.24, 2.45) is 11.3 Å². The summed E-state index contributed by atoms with van der Waals surface area (Å²) in [5.74, 6) is 0.496. The van der Waals surface area contributed by atoms with Crippen LogP contribution in [0.25, 0.3) is 0 Å². The minimum atomic E-state index is -0.108. The highest BCUT2D eigenvalue weighted by molar-refractivity contribution is 4.96. The SMILES string of the molecule is CCC(CC)C(O)CN1CC2(CCCCCC2)C1. The lowest BCUT2D eigenvalue weighted by Gasteiger charge is -2.51. The van der Waals surface area contributed by atoms with E-state index in [2.05, 4.69) is 18.7 Å². The minimum absolute atomic E-state index is 0.108. The van der Waals surface area contributed by atoms with Crippen molar-refractivity contribution in [1.29, 1.82) is 0 Å².